The number of benzene rings is 1. The van der Waals surface area contributed by atoms with E-state index < -0.39 is 5.67 Å². The lowest BCUT2D eigenvalue weighted by Gasteiger charge is -2.30. The first-order chi connectivity index (χ1) is 17.6. The van der Waals surface area contributed by atoms with E-state index in [0.29, 0.717) is 43.6 Å². The molecule has 4 rings (SSSR count). The van der Waals surface area contributed by atoms with Crippen molar-refractivity contribution in [2.45, 2.75) is 71.4 Å². The molecule has 1 unspecified atom stereocenters. The first kappa shape index (κ1) is 27.1. The van der Waals surface area contributed by atoms with E-state index in [9.17, 15) is 13.6 Å². The molecule has 2 aromatic rings. The van der Waals surface area contributed by atoms with Crippen molar-refractivity contribution in [3.63, 3.8) is 0 Å². The summed E-state index contributed by atoms with van der Waals surface area (Å²) in [4.78, 5) is 18.9. The number of alkyl halides is 1. The molecule has 9 heteroatoms. The van der Waals surface area contributed by atoms with Gasteiger partial charge in [-0.1, -0.05) is 31.1 Å². The van der Waals surface area contributed by atoms with E-state index in [4.69, 9.17) is 9.26 Å². The number of ether oxygens (including phenoxy) is 1. The number of piperidine rings is 1. The van der Waals surface area contributed by atoms with Gasteiger partial charge in [0.1, 0.15) is 5.67 Å². The summed E-state index contributed by atoms with van der Waals surface area (Å²) >= 11 is 0. The van der Waals surface area contributed by atoms with E-state index in [1.807, 2.05) is 26.0 Å². The van der Waals surface area contributed by atoms with E-state index in [1.54, 1.807) is 6.07 Å². The van der Waals surface area contributed by atoms with Crippen LogP contribution in [0.1, 0.15) is 77.1 Å². The van der Waals surface area contributed by atoms with Gasteiger partial charge in [0, 0.05) is 24.9 Å². The summed E-state index contributed by atoms with van der Waals surface area (Å²) in [6.45, 7) is 9.01. The number of carbonyl (C=O) groups excluding carboxylic acids is 1. The van der Waals surface area contributed by atoms with Crippen LogP contribution in [0.2, 0.25) is 0 Å². The van der Waals surface area contributed by atoms with Crippen molar-refractivity contribution < 1.29 is 22.8 Å². The van der Waals surface area contributed by atoms with E-state index >= 15 is 0 Å². The Morgan fingerprint density at radius 1 is 1.27 bits per heavy atom. The molecule has 2 aliphatic rings. The fraction of sp³-hybridized carbons (Fsp3) is 0.607. The maximum Gasteiger partial charge on any atom is 0.324 e. The highest BCUT2D eigenvalue weighted by Gasteiger charge is 2.26. The minimum absolute atomic E-state index is 0.00248. The summed E-state index contributed by atoms with van der Waals surface area (Å²) < 4.78 is 39.7. The van der Waals surface area contributed by atoms with Crippen molar-refractivity contribution in [2.75, 3.05) is 31.1 Å². The van der Waals surface area contributed by atoms with Gasteiger partial charge in [-0.25, -0.2) is 8.78 Å². The quantitative estimate of drug-likeness (QED) is 0.462. The van der Waals surface area contributed by atoms with Crippen LogP contribution in [-0.4, -0.2) is 48.0 Å². The molecule has 1 saturated heterocycles. The first-order valence-electron chi connectivity index (χ1n) is 13.3. The van der Waals surface area contributed by atoms with E-state index in [2.05, 4.69) is 20.4 Å². The predicted octanol–water partition coefficient (Wildman–Crippen LogP) is 5.68. The minimum atomic E-state index is -1.43. The van der Waals surface area contributed by atoms with Crippen LogP contribution in [0, 0.1) is 17.7 Å². The molecule has 1 N–H and O–H groups in total. The average Bonchev–Trinajstić information content (AvgIpc) is 3.37. The van der Waals surface area contributed by atoms with Crippen molar-refractivity contribution in [3.05, 3.63) is 41.5 Å². The second-order valence-corrected chi connectivity index (χ2v) is 11.1. The van der Waals surface area contributed by atoms with Crippen LogP contribution in [0.25, 0.3) is 5.57 Å². The van der Waals surface area contributed by atoms with Gasteiger partial charge >= 0.3 is 6.01 Å². The largest absolute Gasteiger partial charge is 0.490 e. The van der Waals surface area contributed by atoms with E-state index in [0.717, 1.165) is 37.1 Å². The summed E-state index contributed by atoms with van der Waals surface area (Å²) in [5, 5.41) is 6.72. The Balaban J connectivity index is 1.24. The van der Waals surface area contributed by atoms with Gasteiger partial charge in [0.05, 0.1) is 13.2 Å². The molecule has 202 valence electrons. The molecule has 1 aromatic carbocycles. The lowest BCUT2D eigenvalue weighted by atomic mass is 9.86. The highest BCUT2D eigenvalue weighted by Crippen LogP contribution is 2.33. The van der Waals surface area contributed by atoms with Crippen LogP contribution >= 0.6 is 0 Å². The molecule has 0 radical (unpaired) electrons. The summed E-state index contributed by atoms with van der Waals surface area (Å²) in [7, 11) is 0. The topological polar surface area (TPSA) is 80.5 Å². The normalized spacial score (nSPS) is 19.2. The summed E-state index contributed by atoms with van der Waals surface area (Å²) in [5.74, 6) is 0.839. The van der Waals surface area contributed by atoms with Gasteiger partial charge in [-0.05, 0) is 75.1 Å². The van der Waals surface area contributed by atoms with Crippen LogP contribution in [-0.2, 0) is 4.79 Å². The second-order valence-electron chi connectivity index (χ2n) is 11.1. The molecule has 1 atom stereocenters. The lowest BCUT2D eigenvalue weighted by Crippen LogP contribution is -2.39. The van der Waals surface area contributed by atoms with Gasteiger partial charge in [-0.15, -0.1) is 0 Å². The Morgan fingerprint density at radius 2 is 2.03 bits per heavy atom. The first-order valence-corrected chi connectivity index (χ1v) is 13.3. The zero-order valence-corrected chi connectivity index (χ0v) is 22.2. The standard InChI is InChI=1S/C28H38F2N4O3/c1-18(2)25-32-27(37-33-25)34-13-11-19(12-14-34)16-36-24-10-9-22(15-23(24)29)20-5-7-21(8-6-20)26(35)31-17-28(3,4)30/h5,9-10,15,18-19,21H,6-8,11-14,16-17H2,1-4H3,(H,31,35). The summed E-state index contributed by atoms with van der Waals surface area (Å²) in [5.41, 5.74) is 0.397. The molecule has 1 aliphatic heterocycles. The van der Waals surface area contributed by atoms with Crippen molar-refractivity contribution >= 4 is 17.5 Å². The van der Waals surface area contributed by atoms with Crippen LogP contribution in [0.4, 0.5) is 14.8 Å². The molecule has 7 nitrogen and oxygen atoms in total. The zero-order valence-electron chi connectivity index (χ0n) is 22.2. The van der Waals surface area contributed by atoms with Crippen LogP contribution in [0.5, 0.6) is 5.75 Å². The molecule has 1 amide bonds. The number of aromatic nitrogens is 2. The molecule has 0 bridgehead atoms. The zero-order chi connectivity index (χ0) is 26.6. The SMILES string of the molecule is CC(C)c1noc(N2CCC(COc3ccc(C4=CCC(C(=O)NCC(C)(C)F)CC4)cc3F)CC2)n1. The molecule has 0 spiro atoms. The van der Waals surface area contributed by atoms with Crippen LogP contribution in [0.3, 0.4) is 0 Å². The van der Waals surface area contributed by atoms with E-state index in [-0.39, 0.29) is 35.9 Å². The summed E-state index contributed by atoms with van der Waals surface area (Å²) in [6, 6.07) is 5.64. The maximum absolute atomic E-state index is 14.8. The maximum atomic E-state index is 14.8. The van der Waals surface area contributed by atoms with Gasteiger partial charge < -0.3 is 19.5 Å². The number of halogens is 2. The van der Waals surface area contributed by atoms with Gasteiger partial charge in [0.25, 0.3) is 0 Å². The third-order valence-electron chi connectivity index (χ3n) is 7.07. The molecular weight excluding hydrogens is 478 g/mol. The van der Waals surface area contributed by atoms with Gasteiger partial charge in [0.15, 0.2) is 17.4 Å². The highest BCUT2D eigenvalue weighted by molar-refractivity contribution is 5.80. The number of amides is 1. The number of hydrogen-bond donors (Lipinski definition) is 1. The molecule has 0 saturated carbocycles. The van der Waals surface area contributed by atoms with Crippen molar-refractivity contribution in [2.24, 2.45) is 11.8 Å². The van der Waals surface area contributed by atoms with Gasteiger partial charge in [-0.2, -0.15) is 4.98 Å². The third kappa shape index (κ3) is 7.29. The predicted molar refractivity (Wildman–Crippen MR) is 139 cm³/mol. The molecule has 37 heavy (non-hydrogen) atoms. The Labute approximate surface area is 217 Å². The van der Waals surface area contributed by atoms with Crippen LogP contribution in [0.15, 0.2) is 28.8 Å². The Bertz CT molecular complexity index is 1100. The third-order valence-corrected chi connectivity index (χ3v) is 7.07. The Hall–Kier alpha value is -2.97. The number of allylic oxidation sites excluding steroid dienone is 2. The van der Waals surface area contributed by atoms with Crippen molar-refractivity contribution in [1.29, 1.82) is 0 Å². The van der Waals surface area contributed by atoms with Crippen molar-refractivity contribution in [3.8, 4) is 5.75 Å². The number of carbonyl (C=O) groups is 1. The second kappa shape index (κ2) is 11.6. The number of rotatable bonds is 9. The fourth-order valence-corrected chi connectivity index (χ4v) is 4.68. The van der Waals surface area contributed by atoms with Gasteiger partial charge in [0.2, 0.25) is 5.91 Å². The lowest BCUT2D eigenvalue weighted by molar-refractivity contribution is -0.125. The number of anilines is 1. The summed E-state index contributed by atoms with van der Waals surface area (Å²) in [6.07, 6.45) is 5.70. The smallest absolute Gasteiger partial charge is 0.324 e. The highest BCUT2D eigenvalue weighted by atomic mass is 19.1. The van der Waals surface area contributed by atoms with Gasteiger partial charge in [-0.3, -0.25) is 4.79 Å². The average molecular weight is 517 g/mol. The van der Waals surface area contributed by atoms with E-state index in [1.165, 1.54) is 19.9 Å². The Morgan fingerprint density at radius 3 is 2.62 bits per heavy atom. The number of nitrogens with one attached hydrogen (secondary N) is 1. The molecule has 2 heterocycles. The molecule has 1 fully saturated rings. The molecule has 1 aromatic heterocycles. The fourth-order valence-electron chi connectivity index (χ4n) is 4.68. The number of nitrogens with zero attached hydrogens (tertiary/aromatic N) is 3. The monoisotopic (exact) mass is 516 g/mol. The Kier molecular flexibility index (Phi) is 8.49. The van der Waals surface area contributed by atoms with Crippen LogP contribution < -0.4 is 15.0 Å². The minimum Gasteiger partial charge on any atom is -0.490 e. The molecular formula is C28H38F2N4O3. The molecule has 1 aliphatic carbocycles. The van der Waals surface area contributed by atoms with Crippen molar-refractivity contribution in [1.82, 2.24) is 15.5 Å². The number of hydrogen-bond acceptors (Lipinski definition) is 6.